The molecule has 0 N–H and O–H groups in total. The Bertz CT molecular complexity index is 1420. The van der Waals surface area contributed by atoms with Gasteiger partial charge in [-0.15, -0.1) is 0 Å². The van der Waals surface area contributed by atoms with E-state index in [1.54, 1.807) is 26.5 Å². The number of piperidine rings is 1. The fourth-order valence-electron chi connectivity index (χ4n) is 4.51. The molecule has 1 saturated heterocycles. The van der Waals surface area contributed by atoms with Gasteiger partial charge in [0.25, 0.3) is 5.56 Å². The molecule has 1 aromatic heterocycles. The second kappa shape index (κ2) is 10.0. The Morgan fingerprint density at radius 2 is 1.60 bits per heavy atom. The molecule has 2 heterocycles. The highest BCUT2D eigenvalue weighted by molar-refractivity contribution is 5.87. The largest absolute Gasteiger partial charge is 0.496 e. The maximum Gasteiger partial charge on any atom is 0.282 e. The van der Waals surface area contributed by atoms with Crippen molar-refractivity contribution in [3.8, 4) is 22.9 Å². The van der Waals surface area contributed by atoms with Crippen LogP contribution in [0.15, 0.2) is 76.6 Å². The fraction of sp³-hybridized carbons (Fsp3) is 0.250. The highest BCUT2D eigenvalue weighted by Gasteiger charge is 2.19. The molecule has 1 aliphatic rings. The molecule has 0 unspecified atom stereocenters. The molecule has 7 nitrogen and oxygen atoms in total. The molecule has 0 atom stereocenters. The molecule has 0 aliphatic carbocycles. The molecule has 0 bridgehead atoms. The van der Waals surface area contributed by atoms with Crippen LogP contribution in [-0.4, -0.2) is 43.2 Å². The van der Waals surface area contributed by atoms with Gasteiger partial charge in [-0.25, -0.2) is 4.98 Å². The minimum Gasteiger partial charge on any atom is -0.496 e. The third-order valence-corrected chi connectivity index (χ3v) is 6.33. The smallest absolute Gasteiger partial charge is 0.282 e. The first-order valence-corrected chi connectivity index (χ1v) is 11.8. The summed E-state index contributed by atoms with van der Waals surface area (Å²) in [6.45, 7) is 1.98. The zero-order valence-corrected chi connectivity index (χ0v) is 20.0. The van der Waals surface area contributed by atoms with E-state index in [0.717, 1.165) is 42.9 Å². The molecule has 0 saturated carbocycles. The van der Waals surface area contributed by atoms with Gasteiger partial charge in [-0.3, -0.25) is 4.79 Å². The Balaban J connectivity index is 1.62. The normalized spacial score (nSPS) is 13.9. The molecule has 1 aliphatic heterocycles. The molecule has 7 heteroatoms. The van der Waals surface area contributed by atoms with Crippen LogP contribution in [0.5, 0.6) is 11.5 Å². The van der Waals surface area contributed by atoms with Crippen molar-refractivity contribution in [2.75, 3.05) is 32.2 Å². The van der Waals surface area contributed by atoms with Crippen LogP contribution in [-0.2, 0) is 0 Å². The van der Waals surface area contributed by atoms with Crippen LogP contribution >= 0.6 is 0 Å². The maximum absolute atomic E-state index is 13.4. The average molecular weight is 469 g/mol. The maximum atomic E-state index is 13.4. The molecular formula is C28H28N4O3. The monoisotopic (exact) mass is 468 g/mol. The number of ether oxygens (including phenoxy) is 2. The van der Waals surface area contributed by atoms with Gasteiger partial charge in [-0.1, -0.05) is 42.5 Å². The van der Waals surface area contributed by atoms with Crippen molar-refractivity contribution in [2.45, 2.75) is 19.3 Å². The third kappa shape index (κ3) is 4.49. The quantitative estimate of drug-likeness (QED) is 0.375. The number of para-hydroxylation sites is 1. The molecule has 0 amide bonds. The summed E-state index contributed by atoms with van der Waals surface area (Å²) >= 11 is 0. The van der Waals surface area contributed by atoms with Crippen molar-refractivity contribution >= 4 is 22.8 Å². The summed E-state index contributed by atoms with van der Waals surface area (Å²) in [4.78, 5) is 20.5. The fourth-order valence-corrected chi connectivity index (χ4v) is 4.51. The molecule has 1 fully saturated rings. The highest BCUT2D eigenvalue weighted by atomic mass is 16.5. The Hall–Kier alpha value is -4.13. The Morgan fingerprint density at radius 3 is 2.34 bits per heavy atom. The van der Waals surface area contributed by atoms with E-state index >= 15 is 0 Å². The standard InChI is InChI=1S/C28H28N4O3/c1-34-25-18-24(31-15-9-4-10-16-31)26(35-2)17-21(25)19-29-32-27(20-11-5-3-6-12-20)30-23-14-8-7-13-22(23)28(32)33/h3,5-8,11-14,17-19H,4,9-10,15-16H2,1-2H3. The van der Waals surface area contributed by atoms with Gasteiger partial charge in [0, 0.05) is 30.3 Å². The summed E-state index contributed by atoms with van der Waals surface area (Å²) in [7, 11) is 3.31. The second-order valence-electron chi connectivity index (χ2n) is 8.49. The van der Waals surface area contributed by atoms with Crippen LogP contribution in [0.1, 0.15) is 24.8 Å². The van der Waals surface area contributed by atoms with Crippen LogP contribution in [0.3, 0.4) is 0 Å². The van der Waals surface area contributed by atoms with Crippen LogP contribution < -0.4 is 19.9 Å². The average Bonchev–Trinajstić information content (AvgIpc) is 2.93. The molecule has 3 aromatic carbocycles. The van der Waals surface area contributed by atoms with Gasteiger partial charge in [-0.05, 0) is 37.5 Å². The van der Waals surface area contributed by atoms with E-state index in [0.29, 0.717) is 28.0 Å². The Labute approximate surface area is 204 Å². The van der Waals surface area contributed by atoms with Gasteiger partial charge in [0.05, 0.1) is 37.0 Å². The first kappa shape index (κ1) is 22.7. The van der Waals surface area contributed by atoms with Crippen molar-refractivity contribution in [3.63, 3.8) is 0 Å². The van der Waals surface area contributed by atoms with Crippen molar-refractivity contribution < 1.29 is 9.47 Å². The lowest BCUT2D eigenvalue weighted by molar-refractivity contribution is 0.401. The molecule has 35 heavy (non-hydrogen) atoms. The number of hydrogen-bond donors (Lipinski definition) is 0. The third-order valence-electron chi connectivity index (χ3n) is 6.33. The molecule has 0 radical (unpaired) electrons. The number of methoxy groups -OCH3 is 2. The summed E-state index contributed by atoms with van der Waals surface area (Å²) < 4.78 is 12.8. The van der Waals surface area contributed by atoms with E-state index in [4.69, 9.17) is 14.5 Å². The number of nitrogens with zero attached hydrogens (tertiary/aromatic N) is 4. The summed E-state index contributed by atoms with van der Waals surface area (Å²) in [5.41, 5.74) is 2.92. The molecule has 0 spiro atoms. The zero-order chi connectivity index (χ0) is 24.2. The van der Waals surface area contributed by atoms with Crippen molar-refractivity contribution in [1.82, 2.24) is 9.66 Å². The summed E-state index contributed by atoms with van der Waals surface area (Å²) in [5.74, 6) is 1.89. The van der Waals surface area contributed by atoms with E-state index in [9.17, 15) is 4.79 Å². The summed E-state index contributed by atoms with van der Waals surface area (Å²) in [5, 5.41) is 5.10. The van der Waals surface area contributed by atoms with Crippen LogP contribution in [0, 0.1) is 0 Å². The summed E-state index contributed by atoms with van der Waals surface area (Å²) in [6, 6.07) is 20.8. The predicted octanol–water partition coefficient (Wildman–Crippen LogP) is 4.95. The second-order valence-corrected chi connectivity index (χ2v) is 8.49. The van der Waals surface area contributed by atoms with E-state index in [-0.39, 0.29) is 5.56 Å². The van der Waals surface area contributed by atoms with Crippen molar-refractivity contribution in [3.05, 3.63) is 82.6 Å². The minimum atomic E-state index is -0.235. The van der Waals surface area contributed by atoms with Gasteiger partial charge < -0.3 is 14.4 Å². The molecule has 4 aromatic rings. The lowest BCUT2D eigenvalue weighted by Crippen LogP contribution is -2.29. The van der Waals surface area contributed by atoms with E-state index in [1.807, 2.05) is 60.7 Å². The number of aromatic nitrogens is 2. The number of anilines is 1. The predicted molar refractivity (Wildman–Crippen MR) is 140 cm³/mol. The van der Waals surface area contributed by atoms with E-state index in [1.165, 1.54) is 11.1 Å². The SMILES string of the molecule is COc1cc(N2CCCCC2)c(OC)cc1C=Nn1c(-c2ccccc2)nc2ccccc2c1=O. The number of hydrogen-bond acceptors (Lipinski definition) is 6. The van der Waals surface area contributed by atoms with Gasteiger partial charge in [0.1, 0.15) is 11.5 Å². The molecule has 5 rings (SSSR count). The lowest BCUT2D eigenvalue weighted by Gasteiger charge is -2.30. The van der Waals surface area contributed by atoms with Crippen LogP contribution in [0.2, 0.25) is 0 Å². The lowest BCUT2D eigenvalue weighted by atomic mass is 10.1. The summed E-state index contributed by atoms with van der Waals surface area (Å²) in [6.07, 6.45) is 5.20. The van der Waals surface area contributed by atoms with Gasteiger partial charge in [0.2, 0.25) is 0 Å². The number of rotatable bonds is 6. The van der Waals surface area contributed by atoms with Gasteiger partial charge in [-0.2, -0.15) is 9.78 Å². The van der Waals surface area contributed by atoms with Crippen LogP contribution in [0.4, 0.5) is 5.69 Å². The topological polar surface area (TPSA) is 69.0 Å². The number of fused-ring (bicyclic) bond motifs is 1. The Morgan fingerprint density at radius 1 is 0.886 bits per heavy atom. The van der Waals surface area contributed by atoms with E-state index in [2.05, 4.69) is 10.0 Å². The number of benzene rings is 3. The van der Waals surface area contributed by atoms with Gasteiger partial charge >= 0.3 is 0 Å². The van der Waals surface area contributed by atoms with Crippen LogP contribution in [0.25, 0.3) is 22.3 Å². The van der Waals surface area contributed by atoms with E-state index < -0.39 is 0 Å². The van der Waals surface area contributed by atoms with Crippen molar-refractivity contribution in [2.24, 2.45) is 5.10 Å². The minimum absolute atomic E-state index is 0.235. The van der Waals surface area contributed by atoms with Crippen molar-refractivity contribution in [1.29, 1.82) is 0 Å². The van der Waals surface area contributed by atoms with Gasteiger partial charge in [0.15, 0.2) is 5.82 Å². The Kier molecular flexibility index (Phi) is 6.48. The highest BCUT2D eigenvalue weighted by Crippen LogP contribution is 2.36. The molecular weight excluding hydrogens is 440 g/mol. The zero-order valence-electron chi connectivity index (χ0n) is 20.0. The molecule has 178 valence electrons. The first-order chi connectivity index (χ1) is 17.2. The first-order valence-electron chi connectivity index (χ1n) is 11.8.